The summed E-state index contributed by atoms with van der Waals surface area (Å²) in [5.41, 5.74) is 3.69. The summed E-state index contributed by atoms with van der Waals surface area (Å²) >= 11 is 0. The van der Waals surface area contributed by atoms with Gasteiger partial charge in [-0.15, -0.1) is 0 Å². The number of carbonyl (C=O) groups is 1. The fourth-order valence-corrected chi connectivity index (χ4v) is 2.71. The van der Waals surface area contributed by atoms with E-state index in [1.807, 2.05) is 18.2 Å². The van der Waals surface area contributed by atoms with Gasteiger partial charge in [-0.1, -0.05) is 58.7 Å². The van der Waals surface area contributed by atoms with E-state index in [0.29, 0.717) is 12.1 Å². The predicted molar refractivity (Wildman–Crippen MR) is 105 cm³/mol. The molecule has 25 heavy (non-hydrogen) atoms. The maximum absolute atomic E-state index is 12.3. The highest BCUT2D eigenvalue weighted by Crippen LogP contribution is 2.31. The minimum atomic E-state index is -0.0728. The lowest BCUT2D eigenvalue weighted by Crippen LogP contribution is -2.24. The van der Waals surface area contributed by atoms with Crippen molar-refractivity contribution in [1.82, 2.24) is 10.3 Å². The Morgan fingerprint density at radius 1 is 1.12 bits per heavy atom. The number of anilines is 2. The molecule has 2 N–H and O–H groups in total. The van der Waals surface area contributed by atoms with Gasteiger partial charge in [0.15, 0.2) is 0 Å². The molecule has 0 spiro atoms. The zero-order chi connectivity index (χ0) is 18.3. The molecular formula is C21H29N3O. The summed E-state index contributed by atoms with van der Waals surface area (Å²) in [4.78, 5) is 16.5. The number of nitrogens with zero attached hydrogens (tertiary/aromatic N) is 1. The van der Waals surface area contributed by atoms with Crippen LogP contribution in [-0.2, 0) is 5.41 Å². The van der Waals surface area contributed by atoms with E-state index in [9.17, 15) is 4.79 Å². The molecular weight excluding hydrogens is 310 g/mol. The van der Waals surface area contributed by atoms with Gasteiger partial charge in [-0.25, -0.2) is 0 Å². The molecule has 0 saturated carbocycles. The number of pyridine rings is 1. The van der Waals surface area contributed by atoms with Crippen molar-refractivity contribution >= 4 is 17.3 Å². The molecule has 1 heterocycles. The molecule has 0 unspecified atom stereocenters. The smallest absolute Gasteiger partial charge is 0.252 e. The fraction of sp³-hybridized carbons (Fsp3) is 0.429. The maximum atomic E-state index is 12.3. The number of amides is 1. The SMILES string of the molecule is CCCCCNC(=O)c1cncc(Nc2ccccc2C(C)(C)C)c1. The highest BCUT2D eigenvalue weighted by molar-refractivity contribution is 5.94. The third kappa shape index (κ3) is 5.59. The second-order valence-corrected chi connectivity index (χ2v) is 7.35. The van der Waals surface area contributed by atoms with Gasteiger partial charge in [0.25, 0.3) is 5.91 Å². The number of hydrogen-bond acceptors (Lipinski definition) is 3. The van der Waals surface area contributed by atoms with Gasteiger partial charge < -0.3 is 10.6 Å². The van der Waals surface area contributed by atoms with Gasteiger partial charge in [-0.3, -0.25) is 9.78 Å². The Labute approximate surface area is 151 Å². The van der Waals surface area contributed by atoms with Crippen LogP contribution in [0.2, 0.25) is 0 Å². The normalized spacial score (nSPS) is 11.2. The number of aromatic nitrogens is 1. The van der Waals surface area contributed by atoms with Crippen LogP contribution in [-0.4, -0.2) is 17.4 Å². The zero-order valence-corrected chi connectivity index (χ0v) is 15.7. The number of nitrogens with one attached hydrogen (secondary N) is 2. The minimum Gasteiger partial charge on any atom is -0.354 e. The average Bonchev–Trinajstić information content (AvgIpc) is 2.58. The van der Waals surface area contributed by atoms with Gasteiger partial charge in [0.2, 0.25) is 0 Å². The average molecular weight is 339 g/mol. The van der Waals surface area contributed by atoms with Gasteiger partial charge in [0, 0.05) is 18.4 Å². The van der Waals surface area contributed by atoms with Crippen molar-refractivity contribution < 1.29 is 4.79 Å². The first-order chi connectivity index (χ1) is 11.9. The van der Waals surface area contributed by atoms with Crippen molar-refractivity contribution in [3.8, 4) is 0 Å². The quantitative estimate of drug-likeness (QED) is 0.695. The van der Waals surface area contributed by atoms with E-state index >= 15 is 0 Å². The van der Waals surface area contributed by atoms with Crippen LogP contribution in [0.1, 0.15) is 62.9 Å². The molecule has 1 aromatic carbocycles. The largest absolute Gasteiger partial charge is 0.354 e. The monoisotopic (exact) mass is 339 g/mol. The van der Waals surface area contributed by atoms with Crippen molar-refractivity contribution in [3.63, 3.8) is 0 Å². The number of benzene rings is 1. The zero-order valence-electron chi connectivity index (χ0n) is 15.7. The number of rotatable bonds is 7. The van der Waals surface area contributed by atoms with E-state index in [0.717, 1.165) is 30.6 Å². The second kappa shape index (κ2) is 8.65. The summed E-state index contributed by atoms with van der Waals surface area (Å²) in [6, 6.07) is 10.1. The summed E-state index contributed by atoms with van der Waals surface area (Å²) in [7, 11) is 0. The highest BCUT2D eigenvalue weighted by atomic mass is 16.1. The summed E-state index contributed by atoms with van der Waals surface area (Å²) in [5.74, 6) is -0.0728. The van der Waals surface area contributed by atoms with Crippen molar-refractivity contribution in [1.29, 1.82) is 0 Å². The van der Waals surface area contributed by atoms with Gasteiger partial charge in [-0.2, -0.15) is 0 Å². The Hall–Kier alpha value is -2.36. The number of carbonyl (C=O) groups excluding carboxylic acids is 1. The highest BCUT2D eigenvalue weighted by Gasteiger charge is 2.17. The molecule has 0 atom stereocenters. The number of hydrogen-bond donors (Lipinski definition) is 2. The Morgan fingerprint density at radius 3 is 2.60 bits per heavy atom. The van der Waals surface area contributed by atoms with Crippen molar-refractivity contribution in [3.05, 3.63) is 53.9 Å². The van der Waals surface area contributed by atoms with E-state index in [4.69, 9.17) is 0 Å². The third-order valence-corrected chi connectivity index (χ3v) is 4.08. The lowest BCUT2D eigenvalue weighted by Gasteiger charge is -2.23. The summed E-state index contributed by atoms with van der Waals surface area (Å²) in [5, 5.41) is 6.36. The Morgan fingerprint density at radius 2 is 1.88 bits per heavy atom. The van der Waals surface area contributed by atoms with E-state index in [2.05, 4.69) is 55.4 Å². The van der Waals surface area contributed by atoms with Crippen LogP contribution in [0, 0.1) is 0 Å². The van der Waals surface area contributed by atoms with Crippen LogP contribution in [0.4, 0.5) is 11.4 Å². The summed E-state index contributed by atoms with van der Waals surface area (Å²) in [6.07, 6.45) is 6.63. The first-order valence-corrected chi connectivity index (χ1v) is 9.01. The van der Waals surface area contributed by atoms with Gasteiger partial charge in [-0.05, 0) is 29.5 Å². The molecule has 0 radical (unpaired) electrons. The van der Waals surface area contributed by atoms with Gasteiger partial charge in [0.1, 0.15) is 0 Å². The molecule has 0 bridgehead atoms. The molecule has 4 heteroatoms. The van der Waals surface area contributed by atoms with Crippen LogP contribution in [0.15, 0.2) is 42.7 Å². The molecule has 4 nitrogen and oxygen atoms in total. The summed E-state index contributed by atoms with van der Waals surface area (Å²) in [6.45, 7) is 9.41. The molecule has 0 aliphatic heterocycles. The van der Waals surface area contributed by atoms with Crippen LogP contribution < -0.4 is 10.6 Å². The van der Waals surface area contributed by atoms with Crippen molar-refractivity contribution in [2.75, 3.05) is 11.9 Å². The molecule has 1 amide bonds. The molecule has 134 valence electrons. The first-order valence-electron chi connectivity index (χ1n) is 9.01. The van der Waals surface area contributed by atoms with E-state index in [1.54, 1.807) is 12.4 Å². The Bertz CT molecular complexity index is 704. The van der Waals surface area contributed by atoms with Crippen LogP contribution in [0.5, 0.6) is 0 Å². The predicted octanol–water partition coefficient (Wildman–Crippen LogP) is 5.04. The molecule has 2 rings (SSSR count). The first kappa shape index (κ1) is 19.0. The molecule has 0 aliphatic carbocycles. The molecule has 0 saturated heterocycles. The fourth-order valence-electron chi connectivity index (χ4n) is 2.71. The molecule has 1 aromatic heterocycles. The number of unbranched alkanes of at least 4 members (excludes halogenated alkanes) is 2. The molecule has 0 aliphatic rings. The lowest BCUT2D eigenvalue weighted by molar-refractivity contribution is 0.0952. The van der Waals surface area contributed by atoms with Crippen LogP contribution >= 0.6 is 0 Å². The number of para-hydroxylation sites is 1. The van der Waals surface area contributed by atoms with E-state index in [-0.39, 0.29) is 11.3 Å². The van der Waals surface area contributed by atoms with Crippen LogP contribution in [0.25, 0.3) is 0 Å². The third-order valence-electron chi connectivity index (χ3n) is 4.08. The Balaban J connectivity index is 2.11. The Kier molecular flexibility index (Phi) is 6.57. The lowest BCUT2D eigenvalue weighted by atomic mass is 9.86. The van der Waals surface area contributed by atoms with Crippen molar-refractivity contribution in [2.24, 2.45) is 0 Å². The van der Waals surface area contributed by atoms with Crippen molar-refractivity contribution in [2.45, 2.75) is 52.4 Å². The maximum Gasteiger partial charge on any atom is 0.252 e. The van der Waals surface area contributed by atoms with E-state index in [1.165, 1.54) is 5.56 Å². The summed E-state index contributed by atoms with van der Waals surface area (Å²) < 4.78 is 0. The molecule has 0 fully saturated rings. The minimum absolute atomic E-state index is 0.0330. The van der Waals surface area contributed by atoms with E-state index < -0.39 is 0 Å². The molecule has 2 aromatic rings. The topological polar surface area (TPSA) is 54.0 Å². The van der Waals surface area contributed by atoms with Gasteiger partial charge in [0.05, 0.1) is 17.4 Å². The van der Waals surface area contributed by atoms with Gasteiger partial charge >= 0.3 is 0 Å². The standard InChI is InChI=1S/C21H29N3O/c1-5-6-9-12-23-20(25)16-13-17(15-22-14-16)24-19-11-8-7-10-18(19)21(2,3)4/h7-8,10-11,13-15,24H,5-6,9,12H2,1-4H3,(H,23,25). The van der Waals surface area contributed by atoms with Crippen LogP contribution in [0.3, 0.4) is 0 Å². The second-order valence-electron chi connectivity index (χ2n) is 7.35.